The summed E-state index contributed by atoms with van der Waals surface area (Å²) < 4.78 is 12.1. The fourth-order valence-corrected chi connectivity index (χ4v) is 2.49. The molecule has 0 aliphatic carbocycles. The van der Waals surface area contributed by atoms with Gasteiger partial charge in [0, 0.05) is 0 Å². The number of benzene rings is 2. The number of halogens is 1. The molecule has 0 aliphatic rings. The number of aryl methyl sites for hydroxylation is 1. The number of hydrogen-bond donors (Lipinski definition) is 1. The van der Waals surface area contributed by atoms with Crippen molar-refractivity contribution < 1.29 is 9.47 Å². The van der Waals surface area contributed by atoms with Crippen molar-refractivity contribution in [2.75, 3.05) is 18.9 Å². The largest absolute Gasteiger partial charge is 0.490 e. The van der Waals surface area contributed by atoms with E-state index in [0.717, 1.165) is 16.6 Å². The van der Waals surface area contributed by atoms with Crippen molar-refractivity contribution in [1.29, 1.82) is 0 Å². The second kappa shape index (κ2) is 7.20. The van der Waals surface area contributed by atoms with Gasteiger partial charge in [0.05, 0.1) is 10.2 Å². The Kier molecular flexibility index (Phi) is 5.30. The molecule has 0 bridgehead atoms. The molecule has 0 heterocycles. The lowest BCUT2D eigenvalue weighted by molar-refractivity contribution is 0.217. The highest BCUT2D eigenvalue weighted by Gasteiger charge is 2.08. The third kappa shape index (κ3) is 3.90. The Morgan fingerprint density at radius 2 is 1.75 bits per heavy atom. The molecule has 0 fully saturated rings. The molecule has 0 atom stereocenters. The second-order valence-electron chi connectivity index (χ2n) is 4.36. The summed E-state index contributed by atoms with van der Waals surface area (Å²) in [5.74, 6) is 1.52. The molecule has 0 unspecified atom stereocenters. The van der Waals surface area contributed by atoms with Crippen LogP contribution in [0.4, 0.5) is 5.69 Å². The van der Waals surface area contributed by atoms with Crippen molar-refractivity contribution in [2.45, 2.75) is 13.3 Å². The van der Waals surface area contributed by atoms with Gasteiger partial charge in [-0.25, -0.2) is 0 Å². The maximum atomic E-state index is 6.00. The van der Waals surface area contributed by atoms with Gasteiger partial charge in [-0.2, -0.15) is 0 Å². The quantitative estimate of drug-likeness (QED) is 0.639. The van der Waals surface area contributed by atoms with Crippen LogP contribution in [0, 0.1) is 0 Å². The van der Waals surface area contributed by atoms with E-state index in [-0.39, 0.29) is 0 Å². The maximum Gasteiger partial charge on any atom is 0.156 e. The Hall–Kier alpha value is -1.68. The normalized spacial score (nSPS) is 10.3. The Morgan fingerprint density at radius 3 is 2.40 bits per heavy atom. The maximum absolute atomic E-state index is 6.00. The minimum absolute atomic E-state index is 0.448. The first-order chi connectivity index (χ1) is 9.70. The van der Waals surface area contributed by atoms with E-state index in [1.165, 1.54) is 5.56 Å². The van der Waals surface area contributed by atoms with E-state index in [2.05, 4.69) is 22.9 Å². The van der Waals surface area contributed by atoms with Crippen LogP contribution in [-0.2, 0) is 6.42 Å². The number of anilines is 1. The summed E-state index contributed by atoms with van der Waals surface area (Å²) in [5, 5.41) is 0. The minimum atomic E-state index is 0.448. The monoisotopic (exact) mass is 335 g/mol. The lowest BCUT2D eigenvalue weighted by atomic mass is 10.1. The molecule has 2 aromatic carbocycles. The zero-order valence-electron chi connectivity index (χ0n) is 11.4. The predicted molar refractivity (Wildman–Crippen MR) is 85.4 cm³/mol. The predicted octanol–water partition coefficient (Wildman–Crippen LogP) is 4.05. The fourth-order valence-electron chi connectivity index (χ4n) is 1.85. The molecular formula is C16H18BrNO2. The molecule has 2 rings (SSSR count). The summed E-state index contributed by atoms with van der Waals surface area (Å²) >= 11 is 3.49. The van der Waals surface area contributed by atoms with Crippen molar-refractivity contribution in [2.24, 2.45) is 0 Å². The zero-order chi connectivity index (χ0) is 14.4. The molecule has 0 aromatic heterocycles. The van der Waals surface area contributed by atoms with Gasteiger partial charge in [-0.3, -0.25) is 0 Å². The highest BCUT2D eigenvalue weighted by molar-refractivity contribution is 9.10. The van der Waals surface area contributed by atoms with Crippen LogP contribution in [0.25, 0.3) is 0 Å². The van der Waals surface area contributed by atoms with Crippen molar-refractivity contribution in [3.05, 3.63) is 52.5 Å². The number of para-hydroxylation sites is 1. The zero-order valence-corrected chi connectivity index (χ0v) is 13.0. The van der Waals surface area contributed by atoms with Gasteiger partial charge in [0.1, 0.15) is 19.0 Å². The standard InChI is InChI=1S/C16H18BrNO2/c1-2-12-10-14(17)16(15(18)11-12)20-9-8-19-13-6-4-3-5-7-13/h3-7,10-11H,2,8-9,18H2,1H3. The molecule has 0 saturated carbocycles. The van der Waals surface area contributed by atoms with E-state index in [9.17, 15) is 0 Å². The minimum Gasteiger partial charge on any atom is -0.490 e. The number of hydrogen-bond acceptors (Lipinski definition) is 3. The van der Waals surface area contributed by atoms with Gasteiger partial charge in [-0.05, 0) is 52.2 Å². The van der Waals surface area contributed by atoms with E-state index in [4.69, 9.17) is 15.2 Å². The highest BCUT2D eigenvalue weighted by atomic mass is 79.9. The van der Waals surface area contributed by atoms with Crippen LogP contribution >= 0.6 is 15.9 Å². The summed E-state index contributed by atoms with van der Waals surface area (Å²) in [4.78, 5) is 0. The summed E-state index contributed by atoms with van der Waals surface area (Å²) in [6.45, 7) is 3.02. The van der Waals surface area contributed by atoms with Gasteiger partial charge in [-0.15, -0.1) is 0 Å². The number of rotatable bonds is 6. The number of nitrogens with two attached hydrogens (primary N) is 1. The first-order valence-electron chi connectivity index (χ1n) is 6.59. The molecule has 0 amide bonds. The van der Waals surface area contributed by atoms with Crippen LogP contribution in [0.1, 0.15) is 12.5 Å². The van der Waals surface area contributed by atoms with Gasteiger partial charge >= 0.3 is 0 Å². The first kappa shape index (κ1) is 14.7. The molecule has 0 aliphatic heterocycles. The molecular weight excluding hydrogens is 318 g/mol. The second-order valence-corrected chi connectivity index (χ2v) is 5.21. The molecule has 4 heteroatoms. The molecule has 2 N–H and O–H groups in total. The molecule has 20 heavy (non-hydrogen) atoms. The summed E-state index contributed by atoms with van der Waals surface area (Å²) in [6, 6.07) is 13.6. The van der Waals surface area contributed by atoms with E-state index >= 15 is 0 Å². The SMILES string of the molecule is CCc1cc(N)c(OCCOc2ccccc2)c(Br)c1. The summed E-state index contributed by atoms with van der Waals surface area (Å²) in [6.07, 6.45) is 0.945. The molecule has 0 radical (unpaired) electrons. The smallest absolute Gasteiger partial charge is 0.156 e. The third-order valence-corrected chi connectivity index (χ3v) is 3.47. The number of nitrogen functional groups attached to an aromatic ring is 1. The molecule has 0 saturated heterocycles. The van der Waals surface area contributed by atoms with E-state index in [1.807, 2.05) is 42.5 Å². The Labute approximate surface area is 127 Å². The Balaban J connectivity index is 1.88. The summed E-state index contributed by atoms with van der Waals surface area (Å²) in [5.41, 5.74) is 7.83. The van der Waals surface area contributed by atoms with Crippen LogP contribution in [0.5, 0.6) is 11.5 Å². The van der Waals surface area contributed by atoms with Gasteiger partial charge in [0.2, 0.25) is 0 Å². The summed E-state index contributed by atoms with van der Waals surface area (Å²) in [7, 11) is 0. The highest BCUT2D eigenvalue weighted by Crippen LogP contribution is 2.33. The molecule has 106 valence electrons. The average molecular weight is 336 g/mol. The lowest BCUT2D eigenvalue weighted by Gasteiger charge is -2.13. The average Bonchev–Trinajstić information content (AvgIpc) is 2.46. The molecule has 3 nitrogen and oxygen atoms in total. The van der Waals surface area contributed by atoms with E-state index in [0.29, 0.717) is 24.7 Å². The van der Waals surface area contributed by atoms with Crippen molar-refractivity contribution in [3.63, 3.8) is 0 Å². The number of ether oxygens (including phenoxy) is 2. The van der Waals surface area contributed by atoms with E-state index < -0.39 is 0 Å². The lowest BCUT2D eigenvalue weighted by Crippen LogP contribution is -2.10. The van der Waals surface area contributed by atoms with Gasteiger partial charge in [-0.1, -0.05) is 25.1 Å². The van der Waals surface area contributed by atoms with Crippen molar-refractivity contribution in [1.82, 2.24) is 0 Å². The van der Waals surface area contributed by atoms with Crippen LogP contribution < -0.4 is 15.2 Å². The molecule has 2 aromatic rings. The fraction of sp³-hybridized carbons (Fsp3) is 0.250. The van der Waals surface area contributed by atoms with Gasteiger partial charge < -0.3 is 15.2 Å². The Morgan fingerprint density at radius 1 is 1.05 bits per heavy atom. The first-order valence-corrected chi connectivity index (χ1v) is 7.38. The Bertz CT molecular complexity index is 535. The van der Waals surface area contributed by atoms with E-state index in [1.54, 1.807) is 0 Å². The molecule has 0 spiro atoms. The van der Waals surface area contributed by atoms with Crippen LogP contribution in [0.15, 0.2) is 46.9 Å². The van der Waals surface area contributed by atoms with Gasteiger partial charge in [0.25, 0.3) is 0 Å². The van der Waals surface area contributed by atoms with Crippen LogP contribution in [-0.4, -0.2) is 13.2 Å². The third-order valence-electron chi connectivity index (χ3n) is 2.88. The van der Waals surface area contributed by atoms with Crippen molar-refractivity contribution in [3.8, 4) is 11.5 Å². The van der Waals surface area contributed by atoms with Crippen LogP contribution in [0.3, 0.4) is 0 Å². The van der Waals surface area contributed by atoms with Crippen LogP contribution in [0.2, 0.25) is 0 Å². The topological polar surface area (TPSA) is 44.5 Å². The van der Waals surface area contributed by atoms with Gasteiger partial charge in [0.15, 0.2) is 5.75 Å². The van der Waals surface area contributed by atoms with Crippen molar-refractivity contribution >= 4 is 21.6 Å².